The second-order valence-corrected chi connectivity index (χ2v) is 35.5. The predicted molar refractivity (Wildman–Crippen MR) is 496 cm³/mol. The van der Waals surface area contributed by atoms with Gasteiger partial charge in [0, 0.05) is 32.2 Å². The van der Waals surface area contributed by atoms with E-state index < -0.39 is 273 Å². The molecule has 0 spiro atoms. The van der Waals surface area contributed by atoms with Gasteiger partial charge < -0.3 is 133 Å². The van der Waals surface area contributed by atoms with E-state index in [0.29, 0.717) is 35.5 Å². The summed E-state index contributed by atoms with van der Waals surface area (Å²) in [6.45, 7) is 13.1. The summed E-state index contributed by atoms with van der Waals surface area (Å²) < 4.78 is 0. The molecule has 748 valence electrons. The zero-order valence-electron chi connectivity index (χ0n) is 77.9. The molecule has 0 aromatic heterocycles. The molecule has 134 heavy (non-hydrogen) atoms. The number of carbonyl (C=O) groups is 20. The Morgan fingerprint density at radius 2 is 0.709 bits per heavy atom. The molecule has 0 saturated heterocycles. The van der Waals surface area contributed by atoms with Gasteiger partial charge in [-0.3, -0.25) is 96.5 Å². The van der Waals surface area contributed by atoms with Crippen LogP contribution in [0.15, 0.2) is 54.6 Å². The van der Waals surface area contributed by atoms with Crippen LogP contribution < -0.4 is 113 Å². The first-order valence-electron chi connectivity index (χ1n) is 44.1. The van der Waals surface area contributed by atoms with Gasteiger partial charge in [-0.05, 0) is 162 Å². The number of carbonyl (C=O) groups excluding carboxylic acids is 17. The summed E-state index contributed by atoms with van der Waals surface area (Å²) in [7, 11) is 0. The SMILES string of the molecule is CSCC[C@H](NC(=O)CNC(=O)[C@H](CC(C)C)NC(=O)CNC(=O)[C@H](CC(C)C)NC(=O)[C@H](Cc1ccc(O)cc1)NC(=O)CNC(=O)[C@@H](N)CCSC)C(=O)N[C@@H](C)C(=O)N[C@@H](C)C(=O)NCC(=O)N[C@@H](Cc1ccccc1)C(=O)N[C@@H](CCCCN)C(=O)N[C@@H](CCC(=O)O)C(=O)N[C@@H](CCCNC(=N)N)C(=O)N[C@H](C(=O)N[C@H](C(=O)N[C@@H](CCC(=O)O)C(=O)O)C(C)C)C(C)C. The smallest absolute Gasteiger partial charge is 0.326 e. The van der Waals surface area contributed by atoms with E-state index in [4.69, 9.17) is 27.7 Å². The molecule has 2 aromatic rings. The number of carboxylic acid groups (broad SMARTS) is 3. The lowest BCUT2D eigenvalue weighted by molar-refractivity contribution is -0.144. The topological polar surface area (TPSA) is 741 Å². The number of hydrogen-bond acceptors (Lipinski definition) is 26. The summed E-state index contributed by atoms with van der Waals surface area (Å²) in [6.07, 6.45) is 1.41. The molecule has 0 saturated carbocycles. The molecule has 0 aliphatic carbocycles. The second kappa shape index (κ2) is 62.8. The van der Waals surface area contributed by atoms with Crippen LogP contribution in [0.5, 0.6) is 5.75 Å². The molecule has 2 rings (SSSR count). The molecular weight excluding hydrogens is 1790 g/mol. The minimum atomic E-state index is -1.76. The number of nitrogens with one attached hydrogen (secondary N) is 19. The van der Waals surface area contributed by atoms with Crippen molar-refractivity contribution in [3.05, 3.63) is 65.7 Å². The van der Waals surface area contributed by atoms with E-state index in [1.807, 2.05) is 6.26 Å². The summed E-state index contributed by atoms with van der Waals surface area (Å²) in [5.41, 5.74) is 18.2. The van der Waals surface area contributed by atoms with Crippen LogP contribution in [0.25, 0.3) is 0 Å². The molecule has 0 bridgehead atoms. The van der Waals surface area contributed by atoms with Crippen LogP contribution in [-0.4, -0.2) is 293 Å². The van der Waals surface area contributed by atoms with Gasteiger partial charge in [-0.2, -0.15) is 23.5 Å². The molecule has 0 aliphatic heterocycles. The standard InChI is InChI=1S/C86H138N22O24S2/c1-45(2)37-60(99-67(113)44-95-76(122)61(38-46(3)4)106-82(128)63(40-52-23-25-53(109)26-24-52)101-66(112)42-93-74(120)54(88)31-35-133-11)75(121)94-43-64(110)98-58(32-36-134-12)77(123)97-50(10)73(119)96-49(9)72(118)92-41-65(111)100-62(39-51-19-14-13-15-20-51)81(127)103-55(21-16-17-33-87)78(124)104-57(27-29-68(114)115)79(125)102-56(22-18-34-91-86(89)90)80(126)107-71(48(7)8)84(130)108-70(47(5)6)83(129)105-59(85(131)132)28-30-69(116)117/h13-15,19-20,23-26,45-50,54-63,70-71,109H,16-18,21-22,27-44,87-88H2,1-12H3,(H,92,118)(H,93,120)(H,94,121)(H,95,122)(H,96,119)(H,97,123)(H,98,110)(H,99,113)(H,100,111)(H,101,112)(H,102,125)(H,103,127)(H,104,124)(H,105,129)(H,106,128)(H,107,126)(H,108,130)(H,114,115)(H,116,117)(H,131,132)(H4,89,90,91)/t49-,50-,54-,55-,56-,57-,58-,59-,60-,61-,62-,63-,70-,71-/m0/s1. The van der Waals surface area contributed by atoms with Gasteiger partial charge in [0.2, 0.25) is 100 Å². The number of rotatable bonds is 65. The van der Waals surface area contributed by atoms with Gasteiger partial charge in [-0.25, -0.2) is 4.79 Å². The molecule has 17 amide bonds. The van der Waals surface area contributed by atoms with Crippen molar-refractivity contribution >= 4 is 148 Å². The summed E-state index contributed by atoms with van der Waals surface area (Å²) >= 11 is 2.80. The fraction of sp³-hybridized carbons (Fsp3) is 0.616. The highest BCUT2D eigenvalue weighted by molar-refractivity contribution is 7.98. The summed E-state index contributed by atoms with van der Waals surface area (Å²) in [4.78, 5) is 270. The molecular formula is C86H138N22O24S2. The Morgan fingerprint density at radius 3 is 1.16 bits per heavy atom. The average molecular weight is 1930 g/mol. The van der Waals surface area contributed by atoms with Crippen molar-refractivity contribution in [2.75, 3.05) is 63.3 Å². The maximum Gasteiger partial charge on any atom is 0.326 e. The number of amides is 17. The zero-order chi connectivity index (χ0) is 101. The molecule has 14 atom stereocenters. The van der Waals surface area contributed by atoms with Gasteiger partial charge in [-0.1, -0.05) is 97.9 Å². The van der Waals surface area contributed by atoms with Gasteiger partial charge in [0.05, 0.1) is 32.2 Å². The van der Waals surface area contributed by atoms with Crippen molar-refractivity contribution in [1.29, 1.82) is 5.41 Å². The Labute approximate surface area is 787 Å². The third kappa shape index (κ3) is 47.8. The first-order valence-corrected chi connectivity index (χ1v) is 46.9. The van der Waals surface area contributed by atoms with Crippen LogP contribution in [0.2, 0.25) is 0 Å². The fourth-order valence-corrected chi connectivity index (χ4v) is 13.9. The number of phenols is 1. The van der Waals surface area contributed by atoms with Crippen molar-refractivity contribution in [2.45, 2.75) is 250 Å². The number of unbranched alkanes of at least 4 members (excludes halogenated alkanes) is 1. The Hall–Kier alpha value is -12.5. The maximum atomic E-state index is 14.6. The summed E-state index contributed by atoms with van der Waals surface area (Å²) in [5, 5.41) is 91.2. The monoisotopic (exact) mass is 1930 g/mol. The Bertz CT molecular complexity index is 4270. The van der Waals surface area contributed by atoms with E-state index >= 15 is 0 Å². The molecule has 48 heteroatoms. The number of hydrogen-bond donors (Lipinski definition) is 26. The Balaban J connectivity index is 2.27. The van der Waals surface area contributed by atoms with Crippen LogP contribution in [0.3, 0.4) is 0 Å². The molecule has 0 fully saturated rings. The second-order valence-electron chi connectivity index (χ2n) is 33.5. The Morgan fingerprint density at radius 1 is 0.358 bits per heavy atom. The van der Waals surface area contributed by atoms with E-state index in [1.54, 1.807) is 64.3 Å². The molecule has 29 N–H and O–H groups in total. The number of guanidine groups is 1. The van der Waals surface area contributed by atoms with Crippen LogP contribution in [0, 0.1) is 29.1 Å². The van der Waals surface area contributed by atoms with Crippen molar-refractivity contribution in [1.82, 2.24) is 95.7 Å². The Kier molecular flexibility index (Phi) is 55.2. The third-order valence-electron chi connectivity index (χ3n) is 20.3. The van der Waals surface area contributed by atoms with Crippen molar-refractivity contribution in [3.8, 4) is 5.75 Å². The predicted octanol–water partition coefficient (Wildman–Crippen LogP) is -4.57. The highest BCUT2D eigenvalue weighted by Gasteiger charge is 2.39. The van der Waals surface area contributed by atoms with Gasteiger partial charge in [0.15, 0.2) is 5.96 Å². The number of benzene rings is 2. The lowest BCUT2D eigenvalue weighted by Gasteiger charge is -2.30. The number of carboxylic acids is 3. The minimum Gasteiger partial charge on any atom is -0.508 e. The van der Waals surface area contributed by atoms with Crippen LogP contribution >= 0.6 is 23.5 Å². The number of aliphatic carboxylic acids is 3. The number of aromatic hydroxyl groups is 1. The van der Waals surface area contributed by atoms with E-state index in [1.165, 1.54) is 89.3 Å². The molecule has 46 nitrogen and oxygen atoms in total. The minimum absolute atomic E-state index is 0.0146. The third-order valence-corrected chi connectivity index (χ3v) is 21.6. The van der Waals surface area contributed by atoms with Crippen LogP contribution in [-0.2, 0) is 109 Å². The van der Waals surface area contributed by atoms with Gasteiger partial charge in [0.25, 0.3) is 0 Å². The number of phenolic OH excluding ortho intramolecular Hbond substituents is 1. The van der Waals surface area contributed by atoms with Gasteiger partial charge in [0.1, 0.15) is 84.3 Å². The van der Waals surface area contributed by atoms with Gasteiger partial charge >= 0.3 is 17.9 Å². The summed E-state index contributed by atoms with van der Waals surface area (Å²) in [5.74, 6) is -20.8. The van der Waals surface area contributed by atoms with Gasteiger partial charge in [-0.15, -0.1) is 0 Å². The molecule has 0 aliphatic rings. The lowest BCUT2D eigenvalue weighted by atomic mass is 9.98. The van der Waals surface area contributed by atoms with Crippen LogP contribution in [0.4, 0.5) is 0 Å². The van der Waals surface area contributed by atoms with E-state index in [2.05, 4.69) is 95.7 Å². The van der Waals surface area contributed by atoms with E-state index in [-0.39, 0.29) is 88.5 Å². The first-order chi connectivity index (χ1) is 63.1. The highest BCUT2D eigenvalue weighted by atomic mass is 32.2. The number of nitrogens with two attached hydrogens (primary N) is 3. The largest absolute Gasteiger partial charge is 0.508 e. The van der Waals surface area contributed by atoms with E-state index in [0.717, 1.165) is 0 Å². The summed E-state index contributed by atoms with van der Waals surface area (Å²) in [6, 6.07) is -5.63. The molecule has 0 radical (unpaired) electrons. The zero-order valence-corrected chi connectivity index (χ0v) is 79.5. The normalized spacial score (nSPS) is 14.2. The maximum absolute atomic E-state index is 14.6. The lowest BCUT2D eigenvalue weighted by Crippen LogP contribution is -2.61. The van der Waals surface area contributed by atoms with Crippen molar-refractivity contribution in [2.24, 2.45) is 40.9 Å². The molecule has 0 unspecified atom stereocenters. The number of thioether (sulfide) groups is 2. The quantitative estimate of drug-likeness (QED) is 0.0168. The average Bonchev–Trinajstić information content (AvgIpc) is 0.845. The van der Waals surface area contributed by atoms with Crippen molar-refractivity contribution < 1.29 is 116 Å². The first kappa shape index (κ1) is 118. The molecule has 0 heterocycles. The van der Waals surface area contributed by atoms with Crippen LogP contribution in [0.1, 0.15) is 164 Å². The van der Waals surface area contributed by atoms with Crippen molar-refractivity contribution in [3.63, 3.8) is 0 Å². The molecule has 2 aromatic carbocycles. The highest BCUT2D eigenvalue weighted by Crippen LogP contribution is 2.17. The fourth-order valence-electron chi connectivity index (χ4n) is 12.9. The van der Waals surface area contributed by atoms with E-state index in [9.17, 15) is 111 Å².